The van der Waals surface area contributed by atoms with E-state index in [1.807, 2.05) is 37.3 Å². The van der Waals surface area contributed by atoms with E-state index in [-0.39, 0.29) is 11.9 Å². The predicted octanol–water partition coefficient (Wildman–Crippen LogP) is 4.39. The van der Waals surface area contributed by atoms with E-state index in [0.29, 0.717) is 28.3 Å². The largest absolute Gasteiger partial charge is 0.497 e. The number of hydrogen-bond donors (Lipinski definition) is 2. The van der Waals surface area contributed by atoms with Gasteiger partial charge in [-0.3, -0.25) is 9.59 Å². The van der Waals surface area contributed by atoms with Gasteiger partial charge in [0.25, 0.3) is 11.8 Å². The Bertz CT molecular complexity index is 1240. The second-order valence-corrected chi connectivity index (χ2v) is 7.75. The lowest BCUT2D eigenvalue weighted by Crippen LogP contribution is -2.28. The van der Waals surface area contributed by atoms with Crippen LogP contribution in [0.2, 0.25) is 0 Å². The van der Waals surface area contributed by atoms with Crippen LogP contribution in [0.15, 0.2) is 78.9 Å². The molecule has 3 aromatic carbocycles. The third-order valence-corrected chi connectivity index (χ3v) is 5.27. The summed E-state index contributed by atoms with van der Waals surface area (Å²) in [7, 11) is 3.05. The molecule has 8 heteroatoms. The zero-order chi connectivity index (χ0) is 25.9. The second-order valence-electron chi connectivity index (χ2n) is 7.75. The van der Waals surface area contributed by atoms with Crippen molar-refractivity contribution in [3.05, 3.63) is 95.6 Å². The number of methoxy groups -OCH3 is 2. The first-order valence-electron chi connectivity index (χ1n) is 11.2. The number of rotatable bonds is 10. The van der Waals surface area contributed by atoms with Crippen molar-refractivity contribution < 1.29 is 28.6 Å². The van der Waals surface area contributed by atoms with Crippen molar-refractivity contribution in [2.45, 2.75) is 13.0 Å². The second kappa shape index (κ2) is 12.8. The highest BCUT2D eigenvalue weighted by atomic mass is 16.5. The maximum absolute atomic E-state index is 12.8. The van der Waals surface area contributed by atoms with Crippen LogP contribution in [0, 0.1) is 0 Å². The van der Waals surface area contributed by atoms with Crippen LogP contribution in [0.4, 0.5) is 5.69 Å². The maximum Gasteiger partial charge on any atom is 0.331 e. The summed E-state index contributed by atoms with van der Waals surface area (Å²) in [6.07, 6.45) is 2.70. The molecule has 0 heterocycles. The molecule has 3 rings (SSSR count). The van der Waals surface area contributed by atoms with Gasteiger partial charge >= 0.3 is 5.97 Å². The zero-order valence-corrected chi connectivity index (χ0v) is 20.3. The van der Waals surface area contributed by atoms with Crippen molar-refractivity contribution in [1.82, 2.24) is 5.32 Å². The highest BCUT2D eigenvalue weighted by Gasteiger charge is 2.16. The third-order valence-electron chi connectivity index (χ3n) is 5.27. The molecule has 2 amide bonds. The van der Waals surface area contributed by atoms with Crippen LogP contribution >= 0.6 is 0 Å². The Hall–Kier alpha value is -4.59. The first-order valence-corrected chi connectivity index (χ1v) is 11.2. The van der Waals surface area contributed by atoms with E-state index in [1.54, 1.807) is 42.5 Å². The molecule has 1 atom stereocenters. The van der Waals surface area contributed by atoms with Crippen LogP contribution in [0.25, 0.3) is 6.08 Å². The van der Waals surface area contributed by atoms with E-state index in [0.717, 1.165) is 5.56 Å². The lowest BCUT2D eigenvalue weighted by atomic mass is 10.1. The van der Waals surface area contributed by atoms with Gasteiger partial charge < -0.3 is 24.8 Å². The minimum Gasteiger partial charge on any atom is -0.497 e. The minimum atomic E-state index is -0.710. The Balaban J connectivity index is 1.57. The van der Waals surface area contributed by atoms with E-state index >= 15 is 0 Å². The van der Waals surface area contributed by atoms with Gasteiger partial charge in [-0.05, 0) is 48.9 Å². The fraction of sp³-hybridized carbons (Fsp3) is 0.179. The number of para-hydroxylation sites is 1. The van der Waals surface area contributed by atoms with Crippen molar-refractivity contribution in [3.8, 4) is 11.5 Å². The molecule has 186 valence electrons. The van der Waals surface area contributed by atoms with Gasteiger partial charge in [-0.1, -0.05) is 42.5 Å². The summed E-state index contributed by atoms with van der Waals surface area (Å²) in [6, 6.07) is 21.1. The fourth-order valence-electron chi connectivity index (χ4n) is 3.39. The molecule has 3 aromatic rings. The molecule has 0 aliphatic rings. The summed E-state index contributed by atoms with van der Waals surface area (Å²) in [5.74, 6) is -0.475. The molecule has 0 saturated carbocycles. The number of ether oxygens (including phenoxy) is 3. The summed E-state index contributed by atoms with van der Waals surface area (Å²) in [6.45, 7) is 1.36. The van der Waals surface area contributed by atoms with E-state index in [9.17, 15) is 14.4 Å². The SMILES string of the molecule is COc1ccc(OC)c(/C=C/C(=O)OCC(=O)Nc2ccccc2C(=O)NC(C)c2ccccc2)c1. The Morgan fingerprint density at radius 2 is 1.64 bits per heavy atom. The summed E-state index contributed by atoms with van der Waals surface area (Å²) < 4.78 is 15.5. The summed E-state index contributed by atoms with van der Waals surface area (Å²) in [5, 5.41) is 5.55. The molecular weight excluding hydrogens is 460 g/mol. The molecular formula is C28H28N2O6. The first kappa shape index (κ1) is 26.0. The molecule has 8 nitrogen and oxygen atoms in total. The van der Waals surface area contributed by atoms with Gasteiger partial charge in [-0.2, -0.15) is 0 Å². The summed E-state index contributed by atoms with van der Waals surface area (Å²) in [4.78, 5) is 37.4. The highest BCUT2D eigenvalue weighted by Crippen LogP contribution is 2.25. The summed E-state index contributed by atoms with van der Waals surface area (Å²) in [5.41, 5.74) is 2.18. The molecule has 0 radical (unpaired) electrons. The van der Waals surface area contributed by atoms with E-state index in [1.165, 1.54) is 26.4 Å². The van der Waals surface area contributed by atoms with Gasteiger partial charge in [-0.25, -0.2) is 4.79 Å². The van der Waals surface area contributed by atoms with E-state index < -0.39 is 18.5 Å². The molecule has 0 aromatic heterocycles. The minimum absolute atomic E-state index is 0.224. The van der Waals surface area contributed by atoms with Gasteiger partial charge in [0.05, 0.1) is 31.5 Å². The molecule has 2 N–H and O–H groups in total. The predicted molar refractivity (Wildman–Crippen MR) is 137 cm³/mol. The summed E-state index contributed by atoms with van der Waals surface area (Å²) >= 11 is 0. The number of nitrogens with one attached hydrogen (secondary N) is 2. The van der Waals surface area contributed by atoms with Crippen LogP contribution < -0.4 is 20.1 Å². The van der Waals surface area contributed by atoms with Crippen LogP contribution in [0.1, 0.15) is 34.5 Å². The normalized spacial score (nSPS) is 11.4. The van der Waals surface area contributed by atoms with Crippen molar-refractivity contribution in [1.29, 1.82) is 0 Å². The van der Waals surface area contributed by atoms with E-state index in [4.69, 9.17) is 14.2 Å². The monoisotopic (exact) mass is 488 g/mol. The number of benzene rings is 3. The molecule has 0 aliphatic heterocycles. The molecule has 0 fully saturated rings. The number of carbonyl (C=O) groups excluding carboxylic acids is 3. The Morgan fingerprint density at radius 1 is 0.917 bits per heavy atom. The van der Waals surface area contributed by atoms with Crippen LogP contribution in [-0.2, 0) is 14.3 Å². The van der Waals surface area contributed by atoms with Gasteiger partial charge in [0, 0.05) is 11.6 Å². The van der Waals surface area contributed by atoms with Crippen LogP contribution in [0.5, 0.6) is 11.5 Å². The highest BCUT2D eigenvalue weighted by molar-refractivity contribution is 6.04. The van der Waals surface area contributed by atoms with Crippen molar-refractivity contribution in [3.63, 3.8) is 0 Å². The number of anilines is 1. The maximum atomic E-state index is 12.8. The average Bonchev–Trinajstić information content (AvgIpc) is 2.91. The van der Waals surface area contributed by atoms with Crippen molar-refractivity contribution >= 4 is 29.5 Å². The number of esters is 1. The third kappa shape index (κ3) is 7.20. The fourth-order valence-corrected chi connectivity index (χ4v) is 3.39. The van der Waals surface area contributed by atoms with Gasteiger partial charge in [-0.15, -0.1) is 0 Å². The van der Waals surface area contributed by atoms with Gasteiger partial charge in [0.1, 0.15) is 11.5 Å². The number of carbonyl (C=O) groups is 3. The molecule has 36 heavy (non-hydrogen) atoms. The van der Waals surface area contributed by atoms with Gasteiger partial charge in [0.15, 0.2) is 6.61 Å². The topological polar surface area (TPSA) is 103 Å². The average molecular weight is 489 g/mol. The Labute approximate surface area is 209 Å². The molecule has 0 bridgehead atoms. The van der Waals surface area contributed by atoms with Crippen molar-refractivity contribution in [2.24, 2.45) is 0 Å². The Morgan fingerprint density at radius 3 is 2.36 bits per heavy atom. The lowest BCUT2D eigenvalue weighted by molar-refractivity contribution is -0.142. The quantitative estimate of drug-likeness (QED) is 0.324. The van der Waals surface area contributed by atoms with Crippen LogP contribution in [0.3, 0.4) is 0 Å². The standard InChI is InChI=1S/C28H28N2O6/c1-19(20-9-5-4-6-10-20)29-28(33)23-11-7-8-12-24(23)30-26(31)18-36-27(32)16-13-21-17-22(34-2)14-15-25(21)35-3/h4-17,19H,18H2,1-3H3,(H,29,33)(H,30,31)/b16-13+. The lowest BCUT2D eigenvalue weighted by Gasteiger charge is -2.16. The molecule has 0 aliphatic carbocycles. The smallest absolute Gasteiger partial charge is 0.331 e. The molecule has 1 unspecified atom stereocenters. The Kier molecular flexibility index (Phi) is 9.22. The van der Waals surface area contributed by atoms with Crippen molar-refractivity contribution in [2.75, 3.05) is 26.1 Å². The molecule has 0 spiro atoms. The number of amides is 2. The first-order chi connectivity index (χ1) is 17.4. The van der Waals surface area contributed by atoms with Crippen LogP contribution in [-0.4, -0.2) is 38.6 Å². The molecule has 0 saturated heterocycles. The van der Waals surface area contributed by atoms with E-state index in [2.05, 4.69) is 10.6 Å². The van der Waals surface area contributed by atoms with Gasteiger partial charge in [0.2, 0.25) is 0 Å². The number of hydrogen-bond acceptors (Lipinski definition) is 6. The zero-order valence-electron chi connectivity index (χ0n) is 20.3.